The predicted octanol–water partition coefficient (Wildman–Crippen LogP) is 3.77. The van der Waals surface area contributed by atoms with E-state index in [-0.39, 0.29) is 24.0 Å². The first-order valence-corrected chi connectivity index (χ1v) is 12.0. The van der Waals surface area contributed by atoms with Crippen LogP contribution >= 0.6 is 0 Å². The highest BCUT2D eigenvalue weighted by Crippen LogP contribution is 2.60. The van der Waals surface area contributed by atoms with Crippen LogP contribution in [0.2, 0.25) is 5.04 Å². The maximum Gasteiger partial charge on any atom is 0.261 e. The third-order valence-corrected chi connectivity index (χ3v) is 11.3. The molecule has 1 fully saturated rings. The van der Waals surface area contributed by atoms with E-state index in [1.54, 1.807) is 21.0 Å². The standard InChI is InChI=1S/C24H32FNO2Si/c1-22(2,3)29(19-13-9-7-10-14-19,20-15-11-8-12-16-20)28-18-24(25)17-23(24,4)21(27)26(5)6/h7-16H,17-18H2,1-6H3/t23-,24-/m0/s1. The van der Waals surface area contributed by atoms with Crippen LogP contribution in [0.15, 0.2) is 60.7 Å². The van der Waals surface area contributed by atoms with Crippen LogP contribution in [0.25, 0.3) is 0 Å². The van der Waals surface area contributed by atoms with E-state index >= 15 is 4.39 Å². The van der Waals surface area contributed by atoms with Gasteiger partial charge < -0.3 is 9.33 Å². The lowest BCUT2D eigenvalue weighted by Crippen LogP contribution is -2.67. The SMILES string of the molecule is CN(C)C(=O)[C@]1(C)C[C@]1(F)CO[Si](c1ccccc1)(c1ccccc1)C(C)(C)C. The molecule has 1 aliphatic carbocycles. The number of alkyl halides is 1. The van der Waals surface area contributed by atoms with Gasteiger partial charge in [0, 0.05) is 20.5 Å². The van der Waals surface area contributed by atoms with Crippen molar-refractivity contribution in [2.45, 2.75) is 44.8 Å². The molecule has 0 saturated heterocycles. The van der Waals surface area contributed by atoms with Crippen molar-refractivity contribution in [3.8, 4) is 0 Å². The number of carbonyl (C=O) groups excluding carboxylic acids is 1. The quantitative estimate of drug-likeness (QED) is 0.675. The summed E-state index contributed by atoms with van der Waals surface area (Å²) in [5.74, 6) is -0.175. The Morgan fingerprint density at radius 3 is 1.86 bits per heavy atom. The van der Waals surface area contributed by atoms with E-state index in [0.29, 0.717) is 0 Å². The number of rotatable bonds is 6. The normalized spacial score (nSPS) is 24.2. The third kappa shape index (κ3) is 3.55. The first kappa shape index (κ1) is 21.7. The zero-order valence-corrected chi connectivity index (χ0v) is 19.3. The summed E-state index contributed by atoms with van der Waals surface area (Å²) in [7, 11) is 0.543. The molecule has 29 heavy (non-hydrogen) atoms. The van der Waals surface area contributed by atoms with E-state index in [2.05, 4.69) is 45.0 Å². The topological polar surface area (TPSA) is 29.5 Å². The lowest BCUT2D eigenvalue weighted by molar-refractivity contribution is -0.135. The predicted molar refractivity (Wildman–Crippen MR) is 119 cm³/mol. The second kappa shape index (κ2) is 7.37. The van der Waals surface area contributed by atoms with Gasteiger partial charge in [0.1, 0.15) is 5.67 Å². The molecule has 3 rings (SSSR count). The summed E-state index contributed by atoms with van der Waals surface area (Å²) in [5.41, 5.74) is -2.65. The Balaban J connectivity index is 2.03. The summed E-state index contributed by atoms with van der Waals surface area (Å²) >= 11 is 0. The highest BCUT2D eigenvalue weighted by Gasteiger charge is 2.71. The number of hydrogen-bond donors (Lipinski definition) is 0. The second-order valence-corrected chi connectivity index (χ2v) is 13.9. The zero-order chi connectivity index (χ0) is 21.5. The monoisotopic (exact) mass is 413 g/mol. The van der Waals surface area contributed by atoms with Crippen LogP contribution < -0.4 is 10.4 Å². The number of amides is 1. The molecule has 5 heteroatoms. The number of carbonyl (C=O) groups is 1. The lowest BCUT2D eigenvalue weighted by atomic mass is 10.0. The Morgan fingerprint density at radius 1 is 1.03 bits per heavy atom. The molecular formula is C24H32FNO2Si. The smallest absolute Gasteiger partial charge is 0.261 e. The van der Waals surface area contributed by atoms with E-state index < -0.39 is 19.4 Å². The molecule has 0 spiro atoms. The van der Waals surface area contributed by atoms with Gasteiger partial charge in [-0.1, -0.05) is 81.4 Å². The van der Waals surface area contributed by atoms with Crippen molar-refractivity contribution in [2.75, 3.05) is 20.7 Å². The van der Waals surface area contributed by atoms with Crippen LogP contribution in [0.1, 0.15) is 34.1 Å². The average molecular weight is 414 g/mol. The van der Waals surface area contributed by atoms with Crippen molar-refractivity contribution < 1.29 is 13.6 Å². The van der Waals surface area contributed by atoms with Gasteiger partial charge in [-0.05, 0) is 22.3 Å². The molecule has 2 aromatic carbocycles. The summed E-state index contributed by atoms with van der Waals surface area (Å²) < 4.78 is 22.5. The Hall–Kier alpha value is -1.98. The molecule has 0 aliphatic heterocycles. The van der Waals surface area contributed by atoms with Crippen LogP contribution in [-0.4, -0.2) is 45.5 Å². The molecule has 0 radical (unpaired) electrons. The van der Waals surface area contributed by atoms with Gasteiger partial charge in [-0.3, -0.25) is 4.79 Å². The highest BCUT2D eigenvalue weighted by molar-refractivity contribution is 6.99. The molecule has 0 N–H and O–H groups in total. The number of halogens is 1. The number of benzene rings is 2. The van der Waals surface area contributed by atoms with Gasteiger partial charge in [0.2, 0.25) is 5.91 Å². The lowest BCUT2D eigenvalue weighted by Gasteiger charge is -2.43. The van der Waals surface area contributed by atoms with E-state index in [1.165, 1.54) is 4.90 Å². The van der Waals surface area contributed by atoms with Crippen molar-refractivity contribution in [2.24, 2.45) is 5.41 Å². The molecule has 0 heterocycles. The molecular weight excluding hydrogens is 381 g/mol. The zero-order valence-electron chi connectivity index (χ0n) is 18.3. The number of nitrogens with zero attached hydrogens (tertiary/aromatic N) is 1. The fourth-order valence-electron chi connectivity index (χ4n) is 4.47. The first-order chi connectivity index (χ1) is 13.5. The Morgan fingerprint density at radius 2 is 1.48 bits per heavy atom. The van der Waals surface area contributed by atoms with E-state index in [0.717, 1.165) is 10.4 Å². The van der Waals surface area contributed by atoms with Crippen molar-refractivity contribution >= 4 is 24.6 Å². The van der Waals surface area contributed by atoms with Gasteiger partial charge in [-0.25, -0.2) is 4.39 Å². The average Bonchev–Trinajstić information content (AvgIpc) is 3.24. The van der Waals surface area contributed by atoms with Crippen LogP contribution in [0.3, 0.4) is 0 Å². The minimum absolute atomic E-state index is 0.0731. The summed E-state index contributed by atoms with van der Waals surface area (Å²) in [5, 5.41) is 2.01. The fourth-order valence-corrected chi connectivity index (χ4v) is 9.07. The Kier molecular flexibility index (Phi) is 5.52. The van der Waals surface area contributed by atoms with E-state index in [1.807, 2.05) is 36.4 Å². The van der Waals surface area contributed by atoms with Crippen molar-refractivity contribution in [1.82, 2.24) is 4.90 Å². The third-order valence-electron chi connectivity index (χ3n) is 6.31. The highest BCUT2D eigenvalue weighted by atomic mass is 28.4. The minimum Gasteiger partial charge on any atom is -0.404 e. The van der Waals surface area contributed by atoms with Crippen LogP contribution in [0, 0.1) is 5.41 Å². The molecule has 0 bridgehead atoms. The summed E-state index contributed by atoms with van der Waals surface area (Å²) in [6, 6.07) is 20.4. The molecule has 1 saturated carbocycles. The molecule has 2 atom stereocenters. The second-order valence-electron chi connectivity index (χ2n) is 9.63. The maximum absolute atomic E-state index is 15.8. The molecule has 0 unspecified atom stereocenters. The van der Waals surface area contributed by atoms with Gasteiger partial charge in [0.05, 0.1) is 12.0 Å². The van der Waals surface area contributed by atoms with Gasteiger partial charge in [0.25, 0.3) is 8.32 Å². The molecule has 156 valence electrons. The molecule has 2 aromatic rings. The first-order valence-electron chi connectivity index (χ1n) is 10.1. The van der Waals surface area contributed by atoms with Crippen LogP contribution in [0.5, 0.6) is 0 Å². The van der Waals surface area contributed by atoms with Gasteiger partial charge in [0.15, 0.2) is 0 Å². The Bertz CT molecular complexity index is 826. The summed E-state index contributed by atoms with van der Waals surface area (Å²) in [4.78, 5) is 14.0. The molecule has 3 nitrogen and oxygen atoms in total. The van der Waals surface area contributed by atoms with Crippen molar-refractivity contribution in [3.63, 3.8) is 0 Å². The Labute approximate surface area is 175 Å². The largest absolute Gasteiger partial charge is 0.404 e. The van der Waals surface area contributed by atoms with Gasteiger partial charge in [-0.15, -0.1) is 0 Å². The van der Waals surface area contributed by atoms with Gasteiger partial charge in [-0.2, -0.15) is 0 Å². The number of hydrogen-bond acceptors (Lipinski definition) is 2. The van der Waals surface area contributed by atoms with Crippen LogP contribution in [0.4, 0.5) is 4.39 Å². The summed E-state index contributed by atoms with van der Waals surface area (Å²) in [6.45, 7) is 8.14. The fraction of sp³-hybridized carbons (Fsp3) is 0.458. The van der Waals surface area contributed by atoms with E-state index in [4.69, 9.17) is 4.43 Å². The molecule has 0 aromatic heterocycles. The minimum atomic E-state index is -2.81. The van der Waals surface area contributed by atoms with Crippen molar-refractivity contribution in [3.05, 3.63) is 60.7 Å². The van der Waals surface area contributed by atoms with Gasteiger partial charge >= 0.3 is 0 Å². The van der Waals surface area contributed by atoms with Crippen molar-refractivity contribution in [1.29, 1.82) is 0 Å². The van der Waals surface area contributed by atoms with E-state index in [9.17, 15) is 4.79 Å². The molecule has 1 amide bonds. The maximum atomic E-state index is 15.8. The van der Waals surface area contributed by atoms with Crippen LogP contribution in [-0.2, 0) is 9.22 Å². The summed E-state index contributed by atoms with van der Waals surface area (Å²) in [6.07, 6.45) is 0.204. The molecule has 1 aliphatic rings.